The van der Waals surface area contributed by atoms with Crippen molar-refractivity contribution < 1.29 is 22.8 Å². The summed E-state index contributed by atoms with van der Waals surface area (Å²) >= 11 is 0. The van der Waals surface area contributed by atoms with Gasteiger partial charge in [0.2, 0.25) is 5.91 Å². The van der Waals surface area contributed by atoms with Crippen LogP contribution >= 0.6 is 0 Å². The number of nitrogens with zero attached hydrogens (tertiary/aromatic N) is 4. The van der Waals surface area contributed by atoms with E-state index in [1.165, 1.54) is 24.7 Å². The lowest BCUT2D eigenvalue weighted by Crippen LogP contribution is -2.48. The van der Waals surface area contributed by atoms with Gasteiger partial charge in [-0.1, -0.05) is 18.2 Å². The van der Waals surface area contributed by atoms with Crippen LogP contribution in [-0.4, -0.2) is 44.3 Å². The monoisotopic (exact) mass is 455 g/mol. The molecule has 170 valence electrons. The smallest absolute Gasteiger partial charge is 0.339 e. The van der Waals surface area contributed by atoms with Crippen molar-refractivity contribution in [2.24, 2.45) is 0 Å². The third-order valence-electron chi connectivity index (χ3n) is 5.42. The van der Waals surface area contributed by atoms with E-state index in [9.17, 15) is 22.8 Å². The number of amides is 2. The highest BCUT2D eigenvalue weighted by atomic mass is 19.4. The van der Waals surface area contributed by atoms with Crippen LogP contribution in [0.1, 0.15) is 34.2 Å². The molecule has 1 atom stereocenters. The topological polar surface area (TPSA) is 88.1 Å². The molecule has 0 fully saturated rings. The van der Waals surface area contributed by atoms with E-state index in [0.717, 1.165) is 17.7 Å². The third kappa shape index (κ3) is 4.84. The van der Waals surface area contributed by atoms with Gasteiger partial charge in [-0.05, 0) is 37.6 Å². The molecule has 1 aromatic carbocycles. The molecule has 2 amide bonds. The van der Waals surface area contributed by atoms with Gasteiger partial charge in [0.25, 0.3) is 5.91 Å². The van der Waals surface area contributed by atoms with Gasteiger partial charge in [0, 0.05) is 23.9 Å². The SMILES string of the molecule is C[C@@H](NC(=O)c1ccccn1)C(=O)N1CCc2c(ncnc2-c2ccc(C(F)(F)F)cc2)C1. The minimum Gasteiger partial charge on any atom is -0.339 e. The molecule has 7 nitrogen and oxygen atoms in total. The number of pyridine rings is 1. The number of hydrogen-bond donors (Lipinski definition) is 1. The molecule has 0 saturated carbocycles. The highest BCUT2D eigenvalue weighted by Gasteiger charge is 2.31. The zero-order valence-electron chi connectivity index (χ0n) is 17.6. The molecule has 1 N–H and O–H groups in total. The van der Waals surface area contributed by atoms with Crippen molar-refractivity contribution in [3.05, 3.63) is 77.5 Å². The number of rotatable bonds is 4. The first-order valence-corrected chi connectivity index (χ1v) is 10.2. The molecule has 0 aliphatic carbocycles. The van der Waals surface area contributed by atoms with E-state index in [1.807, 2.05) is 0 Å². The predicted octanol–water partition coefficient (Wildman–Crippen LogP) is 3.26. The first kappa shape index (κ1) is 22.4. The fourth-order valence-electron chi connectivity index (χ4n) is 3.71. The average Bonchev–Trinajstić information content (AvgIpc) is 2.82. The predicted molar refractivity (Wildman–Crippen MR) is 113 cm³/mol. The van der Waals surface area contributed by atoms with Crippen LogP contribution in [0.4, 0.5) is 13.2 Å². The molecule has 3 aromatic rings. The summed E-state index contributed by atoms with van der Waals surface area (Å²) in [6.45, 7) is 2.19. The molecule has 2 aromatic heterocycles. The van der Waals surface area contributed by atoms with E-state index in [1.54, 1.807) is 30.0 Å². The summed E-state index contributed by atoms with van der Waals surface area (Å²) in [6, 6.07) is 8.99. The molecule has 1 aliphatic heterocycles. The Kier molecular flexibility index (Phi) is 6.08. The molecule has 4 rings (SSSR count). The van der Waals surface area contributed by atoms with Crippen LogP contribution in [0.25, 0.3) is 11.3 Å². The first-order valence-electron chi connectivity index (χ1n) is 10.2. The van der Waals surface area contributed by atoms with Crippen molar-refractivity contribution in [1.82, 2.24) is 25.2 Å². The highest BCUT2D eigenvalue weighted by molar-refractivity contribution is 5.96. The molecular weight excluding hydrogens is 435 g/mol. The van der Waals surface area contributed by atoms with Crippen molar-refractivity contribution in [3.8, 4) is 11.3 Å². The zero-order chi connectivity index (χ0) is 23.6. The quantitative estimate of drug-likeness (QED) is 0.653. The minimum absolute atomic E-state index is 0.216. The number of halogens is 3. The Bertz CT molecular complexity index is 1170. The van der Waals surface area contributed by atoms with Gasteiger partial charge in [0.05, 0.1) is 23.5 Å². The average molecular weight is 455 g/mol. The molecule has 3 heterocycles. The lowest BCUT2D eigenvalue weighted by molar-refractivity contribution is -0.137. The number of carbonyl (C=O) groups excluding carboxylic acids is 2. The number of nitrogens with one attached hydrogen (secondary N) is 1. The van der Waals surface area contributed by atoms with Crippen molar-refractivity contribution in [2.75, 3.05) is 6.54 Å². The summed E-state index contributed by atoms with van der Waals surface area (Å²) < 4.78 is 38.6. The number of benzene rings is 1. The molecule has 0 bridgehead atoms. The maximum absolute atomic E-state index is 12.9. The second kappa shape index (κ2) is 8.97. The Labute approximate surface area is 187 Å². The third-order valence-corrected chi connectivity index (χ3v) is 5.42. The summed E-state index contributed by atoms with van der Waals surface area (Å²) in [4.78, 5) is 39.3. The number of carbonyl (C=O) groups is 2. The Morgan fingerprint density at radius 2 is 1.82 bits per heavy atom. The molecule has 0 radical (unpaired) electrons. The van der Waals surface area contributed by atoms with Gasteiger partial charge in [0.15, 0.2) is 0 Å². The molecule has 33 heavy (non-hydrogen) atoms. The number of hydrogen-bond acceptors (Lipinski definition) is 5. The van der Waals surface area contributed by atoms with Crippen LogP contribution in [0.3, 0.4) is 0 Å². The van der Waals surface area contributed by atoms with Gasteiger partial charge in [-0.2, -0.15) is 13.2 Å². The fraction of sp³-hybridized carbons (Fsp3) is 0.261. The van der Waals surface area contributed by atoms with Gasteiger partial charge in [-0.15, -0.1) is 0 Å². The van der Waals surface area contributed by atoms with Crippen LogP contribution in [0.2, 0.25) is 0 Å². The number of alkyl halides is 3. The summed E-state index contributed by atoms with van der Waals surface area (Å²) in [6.07, 6.45) is -1.13. The zero-order valence-corrected chi connectivity index (χ0v) is 17.6. The van der Waals surface area contributed by atoms with Crippen LogP contribution < -0.4 is 5.32 Å². The molecule has 0 saturated heterocycles. The number of fused-ring (bicyclic) bond motifs is 1. The maximum Gasteiger partial charge on any atom is 0.416 e. The van der Waals surface area contributed by atoms with E-state index in [4.69, 9.17) is 0 Å². The van der Waals surface area contributed by atoms with E-state index in [-0.39, 0.29) is 18.1 Å². The van der Waals surface area contributed by atoms with Gasteiger partial charge in [-0.3, -0.25) is 14.6 Å². The standard InChI is InChI=1S/C23H20F3N5O2/c1-14(30-21(32)18-4-2-3-10-27-18)22(33)31-11-9-17-19(12-31)28-13-29-20(17)15-5-7-16(8-6-15)23(24,25)26/h2-8,10,13-14H,9,11-12H2,1H3,(H,30,32)/t14-/m1/s1. The van der Waals surface area contributed by atoms with E-state index in [0.29, 0.717) is 29.9 Å². The van der Waals surface area contributed by atoms with E-state index >= 15 is 0 Å². The molecule has 1 aliphatic rings. The Morgan fingerprint density at radius 3 is 2.48 bits per heavy atom. The number of aromatic nitrogens is 3. The first-order chi connectivity index (χ1) is 15.7. The van der Waals surface area contributed by atoms with Crippen LogP contribution in [0, 0.1) is 0 Å². The Hall–Kier alpha value is -3.82. The van der Waals surface area contributed by atoms with Gasteiger partial charge in [-0.25, -0.2) is 9.97 Å². The summed E-state index contributed by atoms with van der Waals surface area (Å²) in [7, 11) is 0. The highest BCUT2D eigenvalue weighted by Crippen LogP contribution is 2.32. The second-order valence-corrected chi connectivity index (χ2v) is 7.64. The summed E-state index contributed by atoms with van der Waals surface area (Å²) in [5, 5.41) is 2.65. The maximum atomic E-state index is 12.9. The van der Waals surface area contributed by atoms with Gasteiger partial charge in [0.1, 0.15) is 18.1 Å². The van der Waals surface area contributed by atoms with Crippen molar-refractivity contribution in [2.45, 2.75) is 32.1 Å². The van der Waals surface area contributed by atoms with Crippen molar-refractivity contribution >= 4 is 11.8 Å². The van der Waals surface area contributed by atoms with E-state index < -0.39 is 23.7 Å². The van der Waals surface area contributed by atoms with Crippen LogP contribution in [0.5, 0.6) is 0 Å². The Morgan fingerprint density at radius 1 is 1.06 bits per heavy atom. The lowest BCUT2D eigenvalue weighted by Gasteiger charge is -2.31. The lowest BCUT2D eigenvalue weighted by atomic mass is 9.97. The molecule has 0 unspecified atom stereocenters. The summed E-state index contributed by atoms with van der Waals surface area (Å²) in [5.74, 6) is -0.708. The normalized spacial score (nSPS) is 14.4. The summed E-state index contributed by atoms with van der Waals surface area (Å²) in [5.41, 5.74) is 2.02. The molecule has 10 heteroatoms. The van der Waals surface area contributed by atoms with Gasteiger partial charge < -0.3 is 10.2 Å². The van der Waals surface area contributed by atoms with Gasteiger partial charge >= 0.3 is 6.18 Å². The van der Waals surface area contributed by atoms with Crippen LogP contribution in [0.15, 0.2) is 55.0 Å². The molecule has 0 spiro atoms. The fourth-order valence-corrected chi connectivity index (χ4v) is 3.71. The largest absolute Gasteiger partial charge is 0.416 e. The molecular formula is C23H20F3N5O2. The Balaban J connectivity index is 1.48. The van der Waals surface area contributed by atoms with Crippen LogP contribution in [-0.2, 0) is 23.9 Å². The van der Waals surface area contributed by atoms with Crippen molar-refractivity contribution in [1.29, 1.82) is 0 Å². The van der Waals surface area contributed by atoms with Crippen molar-refractivity contribution in [3.63, 3.8) is 0 Å². The minimum atomic E-state index is -4.41. The second-order valence-electron chi connectivity index (χ2n) is 7.64. The van der Waals surface area contributed by atoms with E-state index in [2.05, 4.69) is 20.3 Å².